The number of ether oxygens (including phenoxy) is 1. The van der Waals surface area contributed by atoms with Crippen molar-refractivity contribution in [3.8, 4) is 11.1 Å². The molecule has 2 aromatic rings. The van der Waals surface area contributed by atoms with Crippen LogP contribution in [0.4, 0.5) is 4.79 Å². The highest BCUT2D eigenvalue weighted by molar-refractivity contribution is 5.83. The van der Waals surface area contributed by atoms with Gasteiger partial charge in [-0.05, 0) is 60.3 Å². The second-order valence-corrected chi connectivity index (χ2v) is 9.65. The molecule has 0 aromatic heterocycles. The molecule has 5 rings (SSSR count). The van der Waals surface area contributed by atoms with Crippen LogP contribution in [-0.4, -0.2) is 53.7 Å². The summed E-state index contributed by atoms with van der Waals surface area (Å²) in [6.07, 6.45) is 1.88. The molecule has 178 valence electrons. The Morgan fingerprint density at radius 3 is 2.26 bits per heavy atom. The smallest absolute Gasteiger partial charge is 0.407 e. The van der Waals surface area contributed by atoms with E-state index in [1.54, 1.807) is 6.92 Å². The lowest BCUT2D eigenvalue weighted by molar-refractivity contribution is -0.146. The Bertz CT molecular complexity index is 1070. The minimum atomic E-state index is -0.994. The molecule has 0 saturated heterocycles. The molecule has 7 heteroatoms. The lowest BCUT2D eigenvalue weighted by Crippen LogP contribution is -2.50. The number of hydrogen-bond donors (Lipinski definition) is 2. The fourth-order valence-corrected chi connectivity index (χ4v) is 6.15. The van der Waals surface area contributed by atoms with Crippen LogP contribution in [0, 0.1) is 17.8 Å². The van der Waals surface area contributed by atoms with Gasteiger partial charge in [-0.2, -0.15) is 0 Å². The van der Waals surface area contributed by atoms with Crippen LogP contribution in [0.1, 0.15) is 43.2 Å². The maximum Gasteiger partial charge on any atom is 0.407 e. The van der Waals surface area contributed by atoms with E-state index >= 15 is 0 Å². The number of hydrogen-bond acceptors (Lipinski definition) is 4. The number of carboxylic acids is 1. The quantitative estimate of drug-likeness (QED) is 0.651. The summed E-state index contributed by atoms with van der Waals surface area (Å²) in [6.45, 7) is 2.20. The first-order valence-electron chi connectivity index (χ1n) is 12.1. The summed E-state index contributed by atoms with van der Waals surface area (Å²) in [5.74, 6) is -0.571. The lowest BCUT2D eigenvalue weighted by Gasteiger charge is -2.40. The number of alkyl carbamates (subject to hydrolysis) is 1. The molecule has 2 N–H and O–H groups in total. The molecule has 4 atom stereocenters. The Labute approximate surface area is 199 Å². The van der Waals surface area contributed by atoms with Gasteiger partial charge in [-0.3, -0.25) is 9.59 Å². The van der Waals surface area contributed by atoms with Crippen molar-refractivity contribution >= 4 is 18.0 Å². The molecule has 0 spiro atoms. The summed E-state index contributed by atoms with van der Waals surface area (Å²) < 4.78 is 5.68. The highest BCUT2D eigenvalue weighted by atomic mass is 16.5. The number of amides is 2. The summed E-state index contributed by atoms with van der Waals surface area (Å²) in [7, 11) is 0. The topological polar surface area (TPSA) is 95.9 Å². The van der Waals surface area contributed by atoms with Gasteiger partial charge in [-0.15, -0.1) is 0 Å². The Kier molecular flexibility index (Phi) is 6.02. The molecule has 2 aromatic carbocycles. The third-order valence-corrected chi connectivity index (χ3v) is 7.84. The molecular formula is C27H30N2O5. The van der Waals surface area contributed by atoms with Crippen molar-refractivity contribution in [2.24, 2.45) is 17.8 Å². The Morgan fingerprint density at radius 2 is 1.65 bits per heavy atom. The second kappa shape index (κ2) is 9.12. The SMILES string of the molecule is CCN(CC(=O)O)C(=O)C1CC2CC(NC(=O)OCC3c4ccccc4-c4ccccc43)C2C1. The molecule has 2 fully saturated rings. The standard InChI is InChI=1S/C27H30N2O5/c1-2-29(14-25(30)31)26(32)17-11-16-13-24(22(16)12-17)28-27(33)34-15-23-20-9-5-3-7-18(20)19-8-4-6-10-21(19)23/h3-10,16-17,22-24H,2,11-15H2,1H3,(H,28,33)(H,30,31). The van der Waals surface area contributed by atoms with Crippen molar-refractivity contribution in [1.82, 2.24) is 10.2 Å². The van der Waals surface area contributed by atoms with Crippen molar-refractivity contribution in [2.75, 3.05) is 19.7 Å². The zero-order valence-electron chi connectivity index (χ0n) is 19.3. The number of fused-ring (bicyclic) bond motifs is 4. The zero-order chi connectivity index (χ0) is 23.8. The minimum absolute atomic E-state index is 0.00741. The van der Waals surface area contributed by atoms with Crippen molar-refractivity contribution in [3.63, 3.8) is 0 Å². The molecule has 4 unspecified atom stereocenters. The van der Waals surface area contributed by atoms with Crippen LogP contribution in [0.25, 0.3) is 11.1 Å². The van der Waals surface area contributed by atoms with Crippen molar-refractivity contribution < 1.29 is 24.2 Å². The molecule has 7 nitrogen and oxygen atoms in total. The van der Waals surface area contributed by atoms with Crippen LogP contribution in [-0.2, 0) is 14.3 Å². The molecule has 0 aliphatic heterocycles. The van der Waals surface area contributed by atoms with E-state index < -0.39 is 12.1 Å². The molecule has 0 heterocycles. The summed E-state index contributed by atoms with van der Waals surface area (Å²) in [5, 5.41) is 12.1. The minimum Gasteiger partial charge on any atom is -0.480 e. The van der Waals surface area contributed by atoms with E-state index in [2.05, 4.69) is 29.6 Å². The first-order valence-corrected chi connectivity index (χ1v) is 12.1. The number of rotatable bonds is 7. The molecule has 34 heavy (non-hydrogen) atoms. The Morgan fingerprint density at radius 1 is 1.00 bits per heavy atom. The number of benzene rings is 2. The molecule has 3 aliphatic rings. The first-order chi connectivity index (χ1) is 16.5. The van der Waals surface area contributed by atoms with Crippen LogP contribution < -0.4 is 5.32 Å². The second-order valence-electron chi connectivity index (χ2n) is 9.65. The number of nitrogens with one attached hydrogen (secondary N) is 1. The number of aliphatic carboxylic acids is 1. The highest BCUT2D eigenvalue weighted by Gasteiger charge is 2.50. The number of carbonyl (C=O) groups is 3. The maximum atomic E-state index is 12.8. The monoisotopic (exact) mass is 462 g/mol. The van der Waals surface area contributed by atoms with Gasteiger partial charge in [0.15, 0.2) is 0 Å². The average Bonchev–Trinajstić information content (AvgIpc) is 3.34. The third kappa shape index (κ3) is 4.04. The van der Waals surface area contributed by atoms with Gasteiger partial charge in [0.05, 0.1) is 0 Å². The van der Waals surface area contributed by atoms with Gasteiger partial charge in [-0.25, -0.2) is 4.79 Å². The number of carbonyl (C=O) groups excluding carboxylic acids is 2. The molecule has 0 radical (unpaired) electrons. The Balaban J connectivity index is 1.15. The van der Waals surface area contributed by atoms with Gasteiger partial charge in [-0.1, -0.05) is 48.5 Å². The van der Waals surface area contributed by atoms with E-state index in [-0.39, 0.29) is 42.9 Å². The normalized spacial score (nSPS) is 24.4. The van der Waals surface area contributed by atoms with Crippen LogP contribution in [0.15, 0.2) is 48.5 Å². The van der Waals surface area contributed by atoms with Gasteiger partial charge in [0.1, 0.15) is 13.2 Å². The van der Waals surface area contributed by atoms with E-state index in [9.17, 15) is 14.4 Å². The molecular weight excluding hydrogens is 432 g/mol. The maximum absolute atomic E-state index is 12.8. The van der Waals surface area contributed by atoms with Crippen LogP contribution in [0.3, 0.4) is 0 Å². The van der Waals surface area contributed by atoms with Crippen LogP contribution in [0.2, 0.25) is 0 Å². The van der Waals surface area contributed by atoms with Gasteiger partial charge >= 0.3 is 12.1 Å². The van der Waals surface area contributed by atoms with E-state index in [1.807, 2.05) is 24.3 Å². The van der Waals surface area contributed by atoms with Crippen molar-refractivity contribution in [2.45, 2.75) is 38.1 Å². The predicted molar refractivity (Wildman–Crippen MR) is 126 cm³/mol. The van der Waals surface area contributed by atoms with Gasteiger partial charge in [0.2, 0.25) is 5.91 Å². The van der Waals surface area contributed by atoms with E-state index in [0.717, 1.165) is 12.8 Å². The lowest BCUT2D eigenvalue weighted by atomic mass is 9.71. The van der Waals surface area contributed by atoms with E-state index in [1.165, 1.54) is 27.2 Å². The zero-order valence-corrected chi connectivity index (χ0v) is 19.3. The predicted octanol–water partition coefficient (Wildman–Crippen LogP) is 3.87. The molecule has 2 amide bonds. The molecule has 0 bridgehead atoms. The van der Waals surface area contributed by atoms with Gasteiger partial charge < -0.3 is 20.1 Å². The van der Waals surface area contributed by atoms with Crippen molar-refractivity contribution in [3.05, 3.63) is 59.7 Å². The average molecular weight is 463 g/mol. The summed E-state index contributed by atoms with van der Waals surface area (Å²) >= 11 is 0. The van der Waals surface area contributed by atoms with Crippen LogP contribution in [0.5, 0.6) is 0 Å². The molecule has 2 saturated carbocycles. The van der Waals surface area contributed by atoms with E-state index in [0.29, 0.717) is 18.9 Å². The summed E-state index contributed by atoms with van der Waals surface area (Å²) in [6, 6.07) is 16.5. The van der Waals surface area contributed by atoms with Crippen LogP contribution >= 0.6 is 0 Å². The van der Waals surface area contributed by atoms with E-state index in [4.69, 9.17) is 9.84 Å². The fourth-order valence-electron chi connectivity index (χ4n) is 6.15. The first kappa shape index (κ1) is 22.4. The number of nitrogens with zero attached hydrogens (tertiary/aromatic N) is 1. The Hall–Kier alpha value is -3.35. The summed E-state index contributed by atoms with van der Waals surface area (Å²) in [5.41, 5.74) is 4.75. The number of carboxylic acid groups (broad SMARTS) is 1. The molecule has 3 aliphatic carbocycles. The summed E-state index contributed by atoms with van der Waals surface area (Å²) in [4.78, 5) is 37.8. The third-order valence-electron chi connectivity index (χ3n) is 7.84. The van der Waals surface area contributed by atoms with Gasteiger partial charge in [0, 0.05) is 24.4 Å². The largest absolute Gasteiger partial charge is 0.480 e. The number of likely N-dealkylation sites (N-methyl/N-ethyl adjacent to an activating group) is 1. The highest BCUT2D eigenvalue weighted by Crippen LogP contribution is 2.50. The fraction of sp³-hybridized carbons (Fsp3) is 0.444. The van der Waals surface area contributed by atoms with Gasteiger partial charge in [0.25, 0.3) is 0 Å². The van der Waals surface area contributed by atoms with Crippen molar-refractivity contribution in [1.29, 1.82) is 0 Å².